The Kier molecular flexibility index (Phi) is 11.1. The third-order valence-corrected chi connectivity index (χ3v) is 8.66. The number of rotatable bonds is 11. The van der Waals surface area contributed by atoms with Crippen LogP contribution < -0.4 is 10.1 Å². The van der Waals surface area contributed by atoms with E-state index in [0.29, 0.717) is 54.4 Å². The monoisotopic (exact) mass is 607 g/mol. The van der Waals surface area contributed by atoms with E-state index in [2.05, 4.69) is 5.32 Å². The average molecular weight is 608 g/mol. The Hall–Kier alpha value is -3.59. The van der Waals surface area contributed by atoms with Crippen LogP contribution in [0.25, 0.3) is 11.1 Å². The van der Waals surface area contributed by atoms with E-state index >= 15 is 0 Å². The average Bonchev–Trinajstić information content (AvgIpc) is 3.04. The molecule has 1 heterocycles. The minimum absolute atomic E-state index is 0.0485. The summed E-state index contributed by atoms with van der Waals surface area (Å²) in [5.41, 5.74) is 2.66. The molecule has 0 aromatic heterocycles. The zero-order valence-electron chi connectivity index (χ0n) is 25.4. The van der Waals surface area contributed by atoms with Crippen molar-refractivity contribution in [1.82, 2.24) is 15.1 Å². The molecule has 1 fully saturated rings. The van der Waals surface area contributed by atoms with Crippen molar-refractivity contribution in [2.24, 2.45) is 5.92 Å². The number of nitrogens with zero attached hydrogens (tertiary/aromatic N) is 2. The largest absolute Gasteiger partial charge is 0.497 e. The fourth-order valence-corrected chi connectivity index (χ4v) is 6.34. The van der Waals surface area contributed by atoms with E-state index in [4.69, 9.17) is 21.1 Å². The van der Waals surface area contributed by atoms with Gasteiger partial charge in [-0.1, -0.05) is 48.0 Å². The molecule has 2 N–H and O–H groups in total. The summed E-state index contributed by atoms with van der Waals surface area (Å²) in [4.78, 5) is 29.0. The maximum Gasteiger partial charge on any atom is 0.409 e. The molecule has 0 saturated carbocycles. The summed E-state index contributed by atoms with van der Waals surface area (Å²) in [6, 6.07) is 20.9. The summed E-state index contributed by atoms with van der Waals surface area (Å²) in [6.45, 7) is 2.14. The Labute approximate surface area is 259 Å². The number of carbonyl (C=O) groups is 2. The van der Waals surface area contributed by atoms with Gasteiger partial charge in [-0.25, -0.2) is 4.79 Å². The fourth-order valence-electron chi connectivity index (χ4n) is 6.05. The minimum Gasteiger partial charge on any atom is -0.497 e. The van der Waals surface area contributed by atoms with Gasteiger partial charge in [-0.15, -0.1) is 0 Å². The number of ether oxygens (including phenoxy) is 2. The maximum atomic E-state index is 13.6. The van der Waals surface area contributed by atoms with Crippen molar-refractivity contribution in [2.45, 2.75) is 37.8 Å². The third-order valence-electron chi connectivity index (χ3n) is 8.34. The fraction of sp³-hybridized carbons (Fsp3) is 0.412. The van der Waals surface area contributed by atoms with Gasteiger partial charge in [0.2, 0.25) is 0 Å². The van der Waals surface area contributed by atoms with Gasteiger partial charge < -0.3 is 29.7 Å². The van der Waals surface area contributed by atoms with Gasteiger partial charge in [0.1, 0.15) is 5.75 Å². The van der Waals surface area contributed by atoms with Crippen LogP contribution in [0, 0.1) is 5.92 Å². The number of methoxy groups -OCH3 is 2. The summed E-state index contributed by atoms with van der Waals surface area (Å²) in [7, 11) is 6.53. The van der Waals surface area contributed by atoms with E-state index in [1.807, 2.05) is 78.7 Å². The SMILES string of the molecule is CNCc1ccc(C(=O)N2CCC[C@@H]([C@@](O)(CCCN(C)C(=O)OC)c3cccc(Cl)c3-c3cccc(OC)c3)C2)cc1. The number of amides is 2. The molecule has 9 heteroatoms. The summed E-state index contributed by atoms with van der Waals surface area (Å²) < 4.78 is 10.3. The first-order valence-corrected chi connectivity index (χ1v) is 15.1. The Morgan fingerprint density at radius 2 is 1.86 bits per heavy atom. The molecule has 0 aliphatic carbocycles. The molecule has 0 spiro atoms. The highest BCUT2D eigenvalue weighted by atomic mass is 35.5. The Balaban J connectivity index is 1.70. The lowest BCUT2D eigenvalue weighted by Gasteiger charge is -2.44. The molecule has 1 saturated heterocycles. The van der Waals surface area contributed by atoms with Crippen LogP contribution in [0.3, 0.4) is 0 Å². The molecule has 230 valence electrons. The van der Waals surface area contributed by atoms with Gasteiger partial charge in [-0.2, -0.15) is 0 Å². The van der Waals surface area contributed by atoms with Gasteiger partial charge in [-0.05, 0) is 79.8 Å². The maximum absolute atomic E-state index is 13.6. The smallest absolute Gasteiger partial charge is 0.409 e. The predicted molar refractivity (Wildman–Crippen MR) is 169 cm³/mol. The molecule has 0 unspecified atom stereocenters. The lowest BCUT2D eigenvalue weighted by molar-refractivity contribution is -0.0573. The van der Waals surface area contributed by atoms with Gasteiger partial charge >= 0.3 is 6.09 Å². The molecule has 8 nitrogen and oxygen atoms in total. The quantitative estimate of drug-likeness (QED) is 0.280. The highest BCUT2D eigenvalue weighted by Gasteiger charge is 2.43. The zero-order chi connectivity index (χ0) is 31.0. The summed E-state index contributed by atoms with van der Waals surface area (Å²) >= 11 is 6.85. The molecule has 0 radical (unpaired) electrons. The number of halogens is 1. The molecular formula is C34H42ClN3O5. The molecule has 43 heavy (non-hydrogen) atoms. The Morgan fingerprint density at radius 3 is 2.56 bits per heavy atom. The summed E-state index contributed by atoms with van der Waals surface area (Å²) in [6.07, 6.45) is 1.94. The number of benzene rings is 3. The first-order valence-electron chi connectivity index (χ1n) is 14.7. The van der Waals surface area contributed by atoms with E-state index in [-0.39, 0.29) is 11.8 Å². The zero-order valence-corrected chi connectivity index (χ0v) is 26.2. The molecule has 2 atom stereocenters. The third kappa shape index (κ3) is 7.50. The van der Waals surface area contributed by atoms with Crippen LogP contribution in [0.2, 0.25) is 5.02 Å². The van der Waals surface area contributed by atoms with E-state index < -0.39 is 11.7 Å². The first-order chi connectivity index (χ1) is 20.7. The highest BCUT2D eigenvalue weighted by Crippen LogP contribution is 2.46. The molecular weight excluding hydrogens is 566 g/mol. The number of nitrogens with one attached hydrogen (secondary N) is 1. The van der Waals surface area contributed by atoms with E-state index in [9.17, 15) is 14.7 Å². The van der Waals surface area contributed by atoms with Gasteiger partial charge in [0, 0.05) is 55.3 Å². The van der Waals surface area contributed by atoms with Crippen molar-refractivity contribution in [2.75, 3.05) is 47.9 Å². The van der Waals surface area contributed by atoms with E-state index in [0.717, 1.165) is 36.1 Å². The number of aliphatic hydroxyl groups is 1. The minimum atomic E-state index is -1.34. The molecule has 3 aromatic carbocycles. The van der Waals surface area contributed by atoms with Crippen molar-refractivity contribution in [1.29, 1.82) is 0 Å². The molecule has 1 aliphatic rings. The summed E-state index contributed by atoms with van der Waals surface area (Å²) in [5, 5.41) is 16.4. The van der Waals surface area contributed by atoms with Gasteiger partial charge in [0.25, 0.3) is 5.91 Å². The summed E-state index contributed by atoms with van der Waals surface area (Å²) in [5.74, 6) is 0.370. The van der Waals surface area contributed by atoms with Crippen molar-refractivity contribution in [3.8, 4) is 16.9 Å². The normalized spacial score (nSPS) is 16.3. The van der Waals surface area contributed by atoms with Crippen LogP contribution in [-0.4, -0.2) is 74.9 Å². The van der Waals surface area contributed by atoms with Crippen LogP contribution >= 0.6 is 11.6 Å². The second-order valence-corrected chi connectivity index (χ2v) is 11.5. The first kappa shape index (κ1) is 32.3. The Bertz CT molecular complexity index is 1400. The van der Waals surface area contributed by atoms with Crippen molar-refractivity contribution >= 4 is 23.6 Å². The number of hydrogen-bond donors (Lipinski definition) is 2. The molecule has 2 amide bonds. The lowest BCUT2D eigenvalue weighted by Crippen LogP contribution is -2.48. The van der Waals surface area contributed by atoms with Crippen LogP contribution in [0.15, 0.2) is 66.7 Å². The molecule has 1 aliphatic heterocycles. The topological polar surface area (TPSA) is 91.3 Å². The van der Waals surface area contributed by atoms with Crippen molar-refractivity contribution < 1.29 is 24.2 Å². The van der Waals surface area contributed by atoms with Crippen molar-refractivity contribution in [3.05, 3.63) is 88.4 Å². The van der Waals surface area contributed by atoms with Crippen LogP contribution in [0.4, 0.5) is 4.79 Å². The lowest BCUT2D eigenvalue weighted by atomic mass is 9.72. The van der Waals surface area contributed by atoms with Crippen LogP contribution in [0.5, 0.6) is 5.75 Å². The van der Waals surface area contributed by atoms with E-state index in [1.54, 1.807) is 14.2 Å². The molecule has 3 aromatic rings. The number of likely N-dealkylation sites (tertiary alicyclic amines) is 1. The second-order valence-electron chi connectivity index (χ2n) is 11.1. The second kappa shape index (κ2) is 14.7. The molecule has 0 bridgehead atoms. The van der Waals surface area contributed by atoms with Gasteiger partial charge in [0.15, 0.2) is 0 Å². The van der Waals surface area contributed by atoms with Crippen molar-refractivity contribution in [3.63, 3.8) is 0 Å². The van der Waals surface area contributed by atoms with E-state index in [1.165, 1.54) is 12.0 Å². The predicted octanol–water partition coefficient (Wildman–Crippen LogP) is 5.95. The number of hydrogen-bond acceptors (Lipinski definition) is 6. The van der Waals surface area contributed by atoms with Crippen LogP contribution in [0.1, 0.15) is 47.2 Å². The highest BCUT2D eigenvalue weighted by molar-refractivity contribution is 6.33. The molecule has 4 rings (SSSR count). The van der Waals surface area contributed by atoms with Crippen LogP contribution in [-0.2, 0) is 16.9 Å². The number of carbonyl (C=O) groups excluding carboxylic acids is 2. The van der Waals surface area contributed by atoms with Gasteiger partial charge in [0.05, 0.1) is 19.8 Å². The Morgan fingerprint density at radius 1 is 1.12 bits per heavy atom. The number of piperidine rings is 1. The standard InChI is InChI=1S/C34H42ClN3O5/c1-36-22-24-14-16-25(17-15-24)32(39)38-20-7-10-27(23-38)34(41,18-8-19-37(2)33(40)43-4)29-12-6-13-30(35)31(29)26-9-5-11-28(21-26)42-3/h5-6,9,11-17,21,27,36,41H,7-8,10,18-20,22-23H2,1-4H3/t27-,34+/m1/s1. The van der Waals surface area contributed by atoms with Gasteiger partial charge in [-0.3, -0.25) is 4.79 Å².